The number of nitrogens with one attached hydrogen (secondary N) is 2. The number of methoxy groups -OCH3 is 1. The van der Waals surface area contributed by atoms with Gasteiger partial charge in [-0.3, -0.25) is 5.10 Å². The Balaban J connectivity index is 2.30. The lowest BCUT2D eigenvalue weighted by Crippen LogP contribution is -2.09. The number of hydrogen-bond donors (Lipinski definition) is 2. The van der Waals surface area contributed by atoms with E-state index >= 15 is 0 Å². The number of benzene rings is 1. The van der Waals surface area contributed by atoms with Crippen molar-refractivity contribution in [3.8, 4) is 11.3 Å². The molecule has 102 valence electrons. The first-order chi connectivity index (χ1) is 9.24. The molecule has 0 amide bonds. The number of ether oxygens (including phenoxy) is 1. The van der Waals surface area contributed by atoms with Crippen molar-refractivity contribution < 1.29 is 4.74 Å². The van der Waals surface area contributed by atoms with Crippen LogP contribution in [0.1, 0.15) is 25.3 Å². The van der Waals surface area contributed by atoms with Gasteiger partial charge in [-0.15, -0.1) is 0 Å². The molecule has 0 fully saturated rings. The van der Waals surface area contributed by atoms with E-state index < -0.39 is 0 Å². The SMILES string of the molecule is COCCNc1n[nH]c(-c2ccccc2)c1C(C)C. The molecule has 4 nitrogen and oxygen atoms in total. The highest BCUT2D eigenvalue weighted by atomic mass is 16.5. The van der Waals surface area contributed by atoms with Crippen molar-refractivity contribution in [2.75, 3.05) is 25.6 Å². The molecule has 1 aromatic heterocycles. The Labute approximate surface area is 114 Å². The van der Waals surface area contributed by atoms with E-state index in [0.717, 1.165) is 18.1 Å². The molecule has 1 aromatic carbocycles. The van der Waals surface area contributed by atoms with Crippen LogP contribution in [0.15, 0.2) is 30.3 Å². The molecule has 0 saturated carbocycles. The monoisotopic (exact) mass is 259 g/mol. The van der Waals surface area contributed by atoms with Crippen molar-refractivity contribution in [3.63, 3.8) is 0 Å². The molecule has 0 aliphatic rings. The van der Waals surface area contributed by atoms with E-state index in [0.29, 0.717) is 12.5 Å². The number of rotatable bonds is 6. The maximum Gasteiger partial charge on any atom is 0.151 e. The third kappa shape index (κ3) is 3.15. The van der Waals surface area contributed by atoms with Crippen LogP contribution in [0.2, 0.25) is 0 Å². The molecular weight excluding hydrogens is 238 g/mol. The van der Waals surface area contributed by atoms with Gasteiger partial charge in [0, 0.05) is 19.2 Å². The molecular formula is C15H21N3O. The Morgan fingerprint density at radius 3 is 2.63 bits per heavy atom. The first-order valence-electron chi connectivity index (χ1n) is 6.60. The lowest BCUT2D eigenvalue weighted by molar-refractivity contribution is 0.210. The van der Waals surface area contributed by atoms with Gasteiger partial charge in [0.05, 0.1) is 12.3 Å². The number of aromatic amines is 1. The first-order valence-corrected chi connectivity index (χ1v) is 6.60. The van der Waals surface area contributed by atoms with E-state index in [9.17, 15) is 0 Å². The maximum absolute atomic E-state index is 5.05. The second kappa shape index (κ2) is 6.38. The van der Waals surface area contributed by atoms with Crippen LogP contribution in [0.3, 0.4) is 0 Å². The average Bonchev–Trinajstić information content (AvgIpc) is 2.84. The van der Waals surface area contributed by atoms with E-state index in [1.807, 2.05) is 18.2 Å². The van der Waals surface area contributed by atoms with Gasteiger partial charge in [-0.1, -0.05) is 44.2 Å². The predicted octanol–water partition coefficient (Wildman–Crippen LogP) is 3.26. The summed E-state index contributed by atoms with van der Waals surface area (Å²) in [5, 5.41) is 10.9. The van der Waals surface area contributed by atoms with Gasteiger partial charge < -0.3 is 10.1 Å². The van der Waals surface area contributed by atoms with Gasteiger partial charge >= 0.3 is 0 Å². The fraction of sp³-hybridized carbons (Fsp3) is 0.400. The number of aromatic nitrogens is 2. The molecule has 4 heteroatoms. The third-order valence-corrected chi connectivity index (χ3v) is 3.04. The van der Waals surface area contributed by atoms with Crippen LogP contribution >= 0.6 is 0 Å². The molecule has 0 aliphatic carbocycles. The fourth-order valence-corrected chi connectivity index (χ4v) is 2.14. The van der Waals surface area contributed by atoms with Crippen molar-refractivity contribution in [1.82, 2.24) is 10.2 Å². The summed E-state index contributed by atoms with van der Waals surface area (Å²) in [6.07, 6.45) is 0. The largest absolute Gasteiger partial charge is 0.383 e. The predicted molar refractivity (Wildman–Crippen MR) is 78.5 cm³/mol. The highest BCUT2D eigenvalue weighted by Crippen LogP contribution is 2.32. The zero-order valence-electron chi connectivity index (χ0n) is 11.7. The second-order valence-corrected chi connectivity index (χ2v) is 4.80. The van der Waals surface area contributed by atoms with Crippen LogP contribution in [0, 0.1) is 0 Å². The van der Waals surface area contributed by atoms with Gasteiger partial charge in [-0.25, -0.2) is 0 Å². The lowest BCUT2D eigenvalue weighted by Gasteiger charge is -2.10. The number of H-pyrrole nitrogens is 1. The smallest absolute Gasteiger partial charge is 0.151 e. The van der Waals surface area contributed by atoms with Crippen LogP contribution in [-0.4, -0.2) is 30.5 Å². The summed E-state index contributed by atoms with van der Waals surface area (Å²) in [5.41, 5.74) is 3.48. The zero-order valence-corrected chi connectivity index (χ0v) is 11.7. The van der Waals surface area contributed by atoms with Gasteiger partial charge in [-0.05, 0) is 11.5 Å². The second-order valence-electron chi connectivity index (χ2n) is 4.80. The van der Waals surface area contributed by atoms with Crippen LogP contribution in [-0.2, 0) is 4.74 Å². The normalized spacial score (nSPS) is 10.9. The van der Waals surface area contributed by atoms with Crippen molar-refractivity contribution in [2.45, 2.75) is 19.8 Å². The molecule has 0 atom stereocenters. The molecule has 0 bridgehead atoms. The summed E-state index contributed by atoms with van der Waals surface area (Å²) in [6, 6.07) is 10.3. The summed E-state index contributed by atoms with van der Waals surface area (Å²) in [7, 11) is 1.70. The van der Waals surface area contributed by atoms with Crippen molar-refractivity contribution >= 4 is 5.82 Å². The highest BCUT2D eigenvalue weighted by Gasteiger charge is 2.17. The number of hydrogen-bond acceptors (Lipinski definition) is 3. The summed E-state index contributed by atoms with van der Waals surface area (Å²) < 4.78 is 5.05. The minimum atomic E-state index is 0.402. The number of nitrogens with zero attached hydrogens (tertiary/aromatic N) is 1. The van der Waals surface area contributed by atoms with Gasteiger partial charge in [0.15, 0.2) is 5.82 Å². The Morgan fingerprint density at radius 2 is 2.00 bits per heavy atom. The minimum absolute atomic E-state index is 0.402. The minimum Gasteiger partial charge on any atom is -0.383 e. The quantitative estimate of drug-likeness (QED) is 0.783. The average molecular weight is 259 g/mol. The summed E-state index contributed by atoms with van der Waals surface area (Å²) in [4.78, 5) is 0. The molecule has 1 heterocycles. The molecule has 0 saturated heterocycles. The molecule has 2 N–H and O–H groups in total. The van der Waals surface area contributed by atoms with Crippen LogP contribution in [0.4, 0.5) is 5.82 Å². The molecule has 2 rings (SSSR count). The van der Waals surface area contributed by atoms with E-state index in [1.54, 1.807) is 7.11 Å². The Kier molecular flexibility index (Phi) is 4.58. The molecule has 2 aromatic rings. The van der Waals surface area contributed by atoms with E-state index in [2.05, 4.69) is 41.5 Å². The standard InChI is InChI=1S/C15H21N3O/c1-11(2)13-14(12-7-5-4-6-8-12)17-18-15(13)16-9-10-19-3/h4-8,11H,9-10H2,1-3H3,(H2,16,17,18). The Bertz CT molecular complexity index is 505. The maximum atomic E-state index is 5.05. The van der Waals surface area contributed by atoms with Crippen molar-refractivity contribution in [1.29, 1.82) is 0 Å². The van der Waals surface area contributed by atoms with E-state index in [4.69, 9.17) is 4.74 Å². The topological polar surface area (TPSA) is 49.9 Å². The highest BCUT2D eigenvalue weighted by molar-refractivity contribution is 5.69. The van der Waals surface area contributed by atoms with E-state index in [1.165, 1.54) is 11.1 Å². The number of anilines is 1. The lowest BCUT2D eigenvalue weighted by atomic mass is 9.98. The molecule has 0 spiro atoms. The molecule has 0 aliphatic heterocycles. The van der Waals surface area contributed by atoms with Gasteiger partial charge in [0.2, 0.25) is 0 Å². The fourth-order valence-electron chi connectivity index (χ4n) is 2.14. The molecule has 19 heavy (non-hydrogen) atoms. The summed E-state index contributed by atoms with van der Waals surface area (Å²) >= 11 is 0. The van der Waals surface area contributed by atoms with E-state index in [-0.39, 0.29) is 0 Å². The Morgan fingerprint density at radius 1 is 1.26 bits per heavy atom. The van der Waals surface area contributed by atoms with Crippen molar-refractivity contribution in [3.05, 3.63) is 35.9 Å². The van der Waals surface area contributed by atoms with Crippen LogP contribution < -0.4 is 5.32 Å². The molecule has 0 radical (unpaired) electrons. The summed E-state index contributed by atoms with van der Waals surface area (Å²) in [6.45, 7) is 5.79. The first kappa shape index (κ1) is 13.6. The Hall–Kier alpha value is -1.81. The van der Waals surface area contributed by atoms with Gasteiger partial charge in [-0.2, -0.15) is 5.10 Å². The van der Waals surface area contributed by atoms with Crippen LogP contribution in [0.5, 0.6) is 0 Å². The molecule has 0 unspecified atom stereocenters. The van der Waals surface area contributed by atoms with Crippen molar-refractivity contribution in [2.24, 2.45) is 0 Å². The summed E-state index contributed by atoms with van der Waals surface area (Å²) in [5.74, 6) is 1.32. The zero-order chi connectivity index (χ0) is 13.7. The third-order valence-electron chi connectivity index (χ3n) is 3.04. The van der Waals surface area contributed by atoms with Gasteiger partial charge in [0.1, 0.15) is 0 Å². The van der Waals surface area contributed by atoms with Gasteiger partial charge in [0.25, 0.3) is 0 Å². The van der Waals surface area contributed by atoms with Crippen LogP contribution in [0.25, 0.3) is 11.3 Å².